The molecule has 0 saturated carbocycles. The highest BCUT2D eigenvalue weighted by atomic mass is 79.9. The number of hydrogen-bond acceptors (Lipinski definition) is 3. The summed E-state index contributed by atoms with van der Waals surface area (Å²) in [6, 6.07) is 14.3. The molecule has 1 aliphatic heterocycles. The quantitative estimate of drug-likeness (QED) is 0.807. The fourth-order valence-corrected chi connectivity index (χ4v) is 3.10. The van der Waals surface area contributed by atoms with Crippen molar-refractivity contribution in [2.24, 2.45) is 0 Å². The van der Waals surface area contributed by atoms with E-state index in [9.17, 15) is 9.59 Å². The van der Waals surface area contributed by atoms with Crippen molar-refractivity contribution in [1.29, 1.82) is 0 Å². The number of carbonyl (C=O) groups excluding carboxylic acids is 2. The van der Waals surface area contributed by atoms with Crippen LogP contribution in [0.2, 0.25) is 0 Å². The third-order valence-electron chi connectivity index (χ3n) is 4.06. The Morgan fingerprint density at radius 2 is 1.96 bits per heavy atom. The van der Waals surface area contributed by atoms with Crippen LogP contribution in [0.1, 0.15) is 28.8 Å². The number of piperidine rings is 1. The molecule has 6 heteroatoms. The molecule has 2 aromatic rings. The minimum atomic E-state index is -0.488. The summed E-state index contributed by atoms with van der Waals surface area (Å²) in [7, 11) is 0. The van der Waals surface area contributed by atoms with Crippen LogP contribution < -0.4 is 15.4 Å². The molecular weight excluding hydrogens is 384 g/mol. The van der Waals surface area contributed by atoms with Gasteiger partial charge in [-0.15, -0.1) is 0 Å². The van der Waals surface area contributed by atoms with Gasteiger partial charge in [-0.2, -0.15) is 0 Å². The molecule has 1 heterocycles. The molecule has 25 heavy (non-hydrogen) atoms. The molecule has 1 saturated heterocycles. The molecule has 0 radical (unpaired) electrons. The Morgan fingerprint density at radius 3 is 2.76 bits per heavy atom. The zero-order chi connectivity index (χ0) is 17.6. The molecule has 130 valence electrons. The second-order valence-electron chi connectivity index (χ2n) is 5.84. The van der Waals surface area contributed by atoms with Crippen molar-refractivity contribution in [1.82, 2.24) is 10.6 Å². The summed E-state index contributed by atoms with van der Waals surface area (Å²) in [5.74, 6) is 0.0583. The Hall–Kier alpha value is -2.34. The molecular formula is C19H19BrN2O3. The number of amides is 2. The first-order chi connectivity index (χ1) is 12.1. The lowest BCUT2D eigenvalue weighted by Gasteiger charge is -2.23. The third kappa shape index (κ3) is 4.39. The fraction of sp³-hybridized carbons (Fsp3) is 0.263. The van der Waals surface area contributed by atoms with Crippen molar-refractivity contribution in [3.63, 3.8) is 0 Å². The highest BCUT2D eigenvalue weighted by Crippen LogP contribution is 2.22. The van der Waals surface area contributed by atoms with Crippen LogP contribution >= 0.6 is 15.9 Å². The van der Waals surface area contributed by atoms with Crippen LogP contribution in [0.25, 0.3) is 0 Å². The molecule has 1 fully saturated rings. The second-order valence-corrected chi connectivity index (χ2v) is 6.69. The number of halogens is 1. The number of carbonyl (C=O) groups is 2. The first-order valence-corrected chi connectivity index (χ1v) is 8.98. The maximum Gasteiger partial charge on any atom is 0.255 e. The second kappa shape index (κ2) is 8.16. The third-order valence-corrected chi connectivity index (χ3v) is 4.84. The monoisotopic (exact) mass is 402 g/mol. The van der Waals surface area contributed by atoms with Gasteiger partial charge in [-0.1, -0.05) is 46.3 Å². The van der Waals surface area contributed by atoms with Gasteiger partial charge in [-0.3, -0.25) is 9.59 Å². The molecule has 1 unspecified atom stereocenters. The number of ether oxygens (including phenoxy) is 1. The molecule has 1 atom stereocenters. The zero-order valence-electron chi connectivity index (χ0n) is 13.6. The lowest BCUT2D eigenvalue weighted by Crippen LogP contribution is -2.50. The van der Waals surface area contributed by atoms with Gasteiger partial charge in [0.05, 0.1) is 5.56 Å². The Morgan fingerprint density at radius 1 is 1.20 bits per heavy atom. The van der Waals surface area contributed by atoms with Crippen LogP contribution in [0.4, 0.5) is 0 Å². The summed E-state index contributed by atoms with van der Waals surface area (Å²) in [6.45, 7) is 1.01. The van der Waals surface area contributed by atoms with E-state index in [4.69, 9.17) is 4.74 Å². The van der Waals surface area contributed by atoms with Crippen molar-refractivity contribution in [3.8, 4) is 5.75 Å². The standard InChI is InChI=1S/C19H19BrN2O3/c20-15-8-3-1-6-13(15)12-25-17-10-4-2-7-14(17)18(23)22-16-9-5-11-21-19(16)24/h1-4,6-8,10,16H,5,9,11-12H2,(H,21,24)(H,22,23). The summed E-state index contributed by atoms with van der Waals surface area (Å²) >= 11 is 3.49. The zero-order valence-corrected chi connectivity index (χ0v) is 15.2. The first-order valence-electron chi connectivity index (χ1n) is 8.19. The molecule has 3 rings (SSSR count). The normalized spacial score (nSPS) is 16.8. The van der Waals surface area contributed by atoms with E-state index in [-0.39, 0.29) is 11.8 Å². The van der Waals surface area contributed by atoms with Gasteiger partial charge >= 0.3 is 0 Å². The molecule has 0 spiro atoms. The lowest BCUT2D eigenvalue weighted by molar-refractivity contribution is -0.124. The summed E-state index contributed by atoms with van der Waals surface area (Å²) in [4.78, 5) is 24.4. The molecule has 5 nitrogen and oxygen atoms in total. The van der Waals surface area contributed by atoms with Gasteiger partial charge in [0.2, 0.25) is 5.91 Å². The maximum absolute atomic E-state index is 12.6. The van der Waals surface area contributed by atoms with Crippen molar-refractivity contribution in [3.05, 3.63) is 64.1 Å². The first kappa shape index (κ1) is 17.5. The average molecular weight is 403 g/mol. The molecule has 2 amide bonds. The van der Waals surface area contributed by atoms with Gasteiger partial charge in [0, 0.05) is 16.6 Å². The van der Waals surface area contributed by atoms with E-state index in [1.165, 1.54) is 0 Å². The Kier molecular flexibility index (Phi) is 5.71. The highest BCUT2D eigenvalue weighted by Gasteiger charge is 2.25. The topological polar surface area (TPSA) is 67.4 Å². The van der Waals surface area contributed by atoms with E-state index in [2.05, 4.69) is 26.6 Å². The van der Waals surface area contributed by atoms with E-state index in [1.807, 2.05) is 30.3 Å². The van der Waals surface area contributed by atoms with Crippen molar-refractivity contribution >= 4 is 27.7 Å². The van der Waals surface area contributed by atoms with E-state index in [0.717, 1.165) is 16.5 Å². The van der Waals surface area contributed by atoms with E-state index in [0.29, 0.717) is 30.9 Å². The Bertz CT molecular complexity index is 779. The van der Waals surface area contributed by atoms with E-state index >= 15 is 0 Å². The van der Waals surface area contributed by atoms with E-state index in [1.54, 1.807) is 18.2 Å². The van der Waals surface area contributed by atoms with Crippen LogP contribution in [-0.2, 0) is 11.4 Å². The minimum absolute atomic E-state index is 0.133. The van der Waals surface area contributed by atoms with Gasteiger partial charge in [0.15, 0.2) is 0 Å². The minimum Gasteiger partial charge on any atom is -0.488 e. The Labute approximate surface area is 154 Å². The molecule has 1 aliphatic rings. The van der Waals surface area contributed by atoms with Crippen LogP contribution in [0.3, 0.4) is 0 Å². The molecule has 2 aromatic carbocycles. The number of rotatable bonds is 5. The van der Waals surface area contributed by atoms with Gasteiger partial charge in [0.25, 0.3) is 5.91 Å². The highest BCUT2D eigenvalue weighted by molar-refractivity contribution is 9.10. The predicted molar refractivity (Wildman–Crippen MR) is 98.4 cm³/mol. The van der Waals surface area contributed by atoms with Crippen molar-refractivity contribution < 1.29 is 14.3 Å². The number of para-hydroxylation sites is 1. The summed E-state index contributed by atoms with van der Waals surface area (Å²) < 4.78 is 6.80. The summed E-state index contributed by atoms with van der Waals surface area (Å²) in [5, 5.41) is 5.56. The Balaban J connectivity index is 1.70. The summed E-state index contributed by atoms with van der Waals surface area (Å²) in [6.07, 6.45) is 1.51. The van der Waals surface area contributed by atoms with Gasteiger partial charge < -0.3 is 15.4 Å². The van der Waals surface area contributed by atoms with E-state index < -0.39 is 6.04 Å². The lowest BCUT2D eigenvalue weighted by atomic mass is 10.1. The maximum atomic E-state index is 12.6. The largest absolute Gasteiger partial charge is 0.488 e. The number of benzene rings is 2. The van der Waals surface area contributed by atoms with Crippen LogP contribution in [-0.4, -0.2) is 24.4 Å². The molecule has 2 N–H and O–H groups in total. The van der Waals surface area contributed by atoms with Crippen LogP contribution in [0.5, 0.6) is 5.75 Å². The SMILES string of the molecule is O=C(NC1CCCNC1=O)c1ccccc1OCc1ccccc1Br. The predicted octanol–water partition coefficient (Wildman–Crippen LogP) is 3.04. The number of hydrogen-bond donors (Lipinski definition) is 2. The van der Waals surface area contributed by atoms with Crippen molar-refractivity contribution in [2.45, 2.75) is 25.5 Å². The van der Waals surface area contributed by atoms with Gasteiger partial charge in [-0.25, -0.2) is 0 Å². The van der Waals surface area contributed by atoms with Crippen LogP contribution in [0.15, 0.2) is 53.0 Å². The van der Waals surface area contributed by atoms with Gasteiger partial charge in [-0.05, 0) is 31.0 Å². The molecule has 0 bridgehead atoms. The number of nitrogens with one attached hydrogen (secondary N) is 2. The smallest absolute Gasteiger partial charge is 0.255 e. The molecule has 0 aromatic heterocycles. The molecule has 0 aliphatic carbocycles. The van der Waals surface area contributed by atoms with Gasteiger partial charge in [0.1, 0.15) is 18.4 Å². The summed E-state index contributed by atoms with van der Waals surface area (Å²) in [5.41, 5.74) is 1.41. The average Bonchev–Trinajstić information content (AvgIpc) is 2.63. The van der Waals surface area contributed by atoms with Crippen LogP contribution in [0, 0.1) is 0 Å². The van der Waals surface area contributed by atoms with Crippen molar-refractivity contribution in [2.75, 3.05) is 6.54 Å². The fourth-order valence-electron chi connectivity index (χ4n) is 2.70.